The molecule has 2 rings (SSSR count). The zero-order valence-corrected chi connectivity index (χ0v) is 14.2. The van der Waals surface area contributed by atoms with Crippen LogP contribution < -0.4 is 10.6 Å². The molecule has 7 heteroatoms. The van der Waals surface area contributed by atoms with Crippen LogP contribution in [0.4, 0.5) is 10.5 Å². The zero-order valence-electron chi connectivity index (χ0n) is 14.2. The highest BCUT2D eigenvalue weighted by Crippen LogP contribution is 2.18. The van der Waals surface area contributed by atoms with Gasteiger partial charge in [0, 0.05) is 12.2 Å². The molecule has 0 aliphatic rings. The van der Waals surface area contributed by atoms with Gasteiger partial charge in [0.1, 0.15) is 6.33 Å². The molecular formula is C17H22N6O. The van der Waals surface area contributed by atoms with Gasteiger partial charge in [-0.15, -0.1) is 10.2 Å². The van der Waals surface area contributed by atoms with Gasteiger partial charge in [0.05, 0.1) is 17.7 Å². The summed E-state index contributed by atoms with van der Waals surface area (Å²) in [6.07, 6.45) is 3.37. The third kappa shape index (κ3) is 4.10. The number of urea groups is 1. The second kappa shape index (κ2) is 8.11. The number of amides is 2. The van der Waals surface area contributed by atoms with Crippen molar-refractivity contribution in [3.63, 3.8) is 0 Å². The lowest BCUT2D eigenvalue weighted by atomic mass is 10.1. The molecule has 2 aromatic rings. The van der Waals surface area contributed by atoms with Gasteiger partial charge in [-0.05, 0) is 43.5 Å². The molecule has 1 atom stereocenters. The number of aromatic nitrogens is 3. The van der Waals surface area contributed by atoms with Crippen molar-refractivity contribution >= 4 is 11.7 Å². The van der Waals surface area contributed by atoms with Crippen molar-refractivity contribution in [2.24, 2.45) is 0 Å². The number of hydrogen-bond donors (Lipinski definition) is 2. The lowest BCUT2D eigenvalue weighted by molar-refractivity contribution is 0.248. The van der Waals surface area contributed by atoms with Crippen LogP contribution in [0.25, 0.3) is 0 Å². The summed E-state index contributed by atoms with van der Waals surface area (Å²) < 4.78 is 1.93. The second-order valence-electron chi connectivity index (χ2n) is 5.54. The first kappa shape index (κ1) is 17.5. The number of nitrogens with one attached hydrogen (secondary N) is 2. The molecule has 1 aromatic carbocycles. The molecule has 0 aliphatic heterocycles. The van der Waals surface area contributed by atoms with Crippen LogP contribution in [-0.4, -0.2) is 20.8 Å². The maximum Gasteiger partial charge on any atom is 0.319 e. The van der Waals surface area contributed by atoms with Gasteiger partial charge in [0.2, 0.25) is 0 Å². The Morgan fingerprint density at radius 2 is 2.21 bits per heavy atom. The van der Waals surface area contributed by atoms with Crippen molar-refractivity contribution in [1.29, 1.82) is 5.26 Å². The van der Waals surface area contributed by atoms with E-state index in [0.29, 0.717) is 11.3 Å². The number of nitrogens with zero attached hydrogens (tertiary/aromatic N) is 4. The quantitative estimate of drug-likeness (QED) is 0.853. The molecular weight excluding hydrogens is 304 g/mol. The highest BCUT2D eigenvalue weighted by molar-refractivity contribution is 5.90. The summed E-state index contributed by atoms with van der Waals surface area (Å²) in [7, 11) is 0. The van der Waals surface area contributed by atoms with Crippen LogP contribution in [0.5, 0.6) is 0 Å². The van der Waals surface area contributed by atoms with E-state index in [4.69, 9.17) is 5.26 Å². The van der Waals surface area contributed by atoms with E-state index in [2.05, 4.69) is 33.8 Å². The third-order valence-electron chi connectivity index (χ3n) is 3.71. The lowest BCUT2D eigenvalue weighted by Gasteiger charge is -2.16. The number of aryl methyl sites for hydroxylation is 2. The van der Waals surface area contributed by atoms with Crippen LogP contribution in [-0.2, 0) is 13.0 Å². The first-order valence-corrected chi connectivity index (χ1v) is 8.07. The molecule has 1 unspecified atom stereocenters. The summed E-state index contributed by atoms with van der Waals surface area (Å²) in [5.74, 6) is 0.725. The maximum atomic E-state index is 12.3. The Balaban J connectivity index is 2.05. The molecule has 0 saturated carbocycles. The van der Waals surface area contributed by atoms with E-state index in [1.165, 1.54) is 0 Å². The van der Waals surface area contributed by atoms with Crippen LogP contribution in [0.2, 0.25) is 0 Å². The summed E-state index contributed by atoms with van der Waals surface area (Å²) in [6.45, 7) is 6.74. The number of rotatable bonds is 6. The summed E-state index contributed by atoms with van der Waals surface area (Å²) in [5.41, 5.74) is 2.21. The second-order valence-corrected chi connectivity index (χ2v) is 5.54. The largest absolute Gasteiger partial charge is 0.328 e. The SMILES string of the molecule is CCCn1cnnc1C(C)NC(=O)Nc1ccc(C#N)cc1CC. The van der Waals surface area contributed by atoms with Crippen molar-refractivity contribution in [3.05, 3.63) is 41.5 Å². The highest BCUT2D eigenvalue weighted by Gasteiger charge is 2.16. The number of carbonyl (C=O) groups is 1. The predicted octanol–water partition coefficient (Wildman–Crippen LogP) is 3.00. The number of hydrogen-bond acceptors (Lipinski definition) is 4. The minimum Gasteiger partial charge on any atom is -0.328 e. The molecule has 0 spiro atoms. The van der Waals surface area contributed by atoms with E-state index < -0.39 is 0 Å². The minimum atomic E-state index is -0.312. The van der Waals surface area contributed by atoms with Crippen LogP contribution in [0.1, 0.15) is 50.2 Å². The van der Waals surface area contributed by atoms with Crippen molar-refractivity contribution in [3.8, 4) is 6.07 Å². The van der Waals surface area contributed by atoms with E-state index >= 15 is 0 Å². The molecule has 0 radical (unpaired) electrons. The van der Waals surface area contributed by atoms with Crippen molar-refractivity contribution in [2.45, 2.75) is 46.2 Å². The standard InChI is InChI=1S/C17H22N6O/c1-4-8-23-11-19-22-16(23)12(3)20-17(24)21-15-7-6-13(10-18)9-14(15)5-2/h6-7,9,11-12H,4-5,8H2,1-3H3,(H2,20,21,24). The fourth-order valence-electron chi connectivity index (χ4n) is 2.51. The Labute approximate surface area is 141 Å². The van der Waals surface area contributed by atoms with Gasteiger partial charge in [0.15, 0.2) is 5.82 Å². The molecule has 0 aliphatic carbocycles. The average molecular weight is 326 g/mol. The van der Waals surface area contributed by atoms with Crippen LogP contribution >= 0.6 is 0 Å². The fraction of sp³-hybridized carbons (Fsp3) is 0.412. The molecule has 1 heterocycles. The summed E-state index contributed by atoms with van der Waals surface area (Å²) >= 11 is 0. The first-order chi connectivity index (χ1) is 11.6. The lowest BCUT2D eigenvalue weighted by Crippen LogP contribution is -2.33. The smallest absolute Gasteiger partial charge is 0.319 e. The van der Waals surface area contributed by atoms with E-state index in [9.17, 15) is 4.79 Å². The van der Waals surface area contributed by atoms with Gasteiger partial charge in [-0.3, -0.25) is 0 Å². The Bertz CT molecular complexity index is 746. The van der Waals surface area contributed by atoms with Crippen LogP contribution in [0.15, 0.2) is 24.5 Å². The van der Waals surface area contributed by atoms with Gasteiger partial charge in [-0.1, -0.05) is 13.8 Å². The van der Waals surface area contributed by atoms with E-state index in [1.54, 1.807) is 24.5 Å². The Hall–Kier alpha value is -2.88. The van der Waals surface area contributed by atoms with E-state index in [0.717, 1.165) is 30.8 Å². The Morgan fingerprint density at radius 1 is 1.42 bits per heavy atom. The predicted molar refractivity (Wildman–Crippen MR) is 91.4 cm³/mol. The number of benzene rings is 1. The van der Waals surface area contributed by atoms with Gasteiger partial charge in [-0.2, -0.15) is 5.26 Å². The monoisotopic (exact) mass is 326 g/mol. The summed E-state index contributed by atoms with van der Waals surface area (Å²) in [5, 5.41) is 22.7. The number of anilines is 1. The molecule has 0 fully saturated rings. The third-order valence-corrected chi connectivity index (χ3v) is 3.71. The topological polar surface area (TPSA) is 95.6 Å². The Kier molecular flexibility index (Phi) is 5.90. The zero-order chi connectivity index (χ0) is 17.5. The van der Waals surface area contributed by atoms with Crippen LogP contribution in [0, 0.1) is 11.3 Å². The fourth-order valence-corrected chi connectivity index (χ4v) is 2.51. The molecule has 1 aromatic heterocycles. The summed E-state index contributed by atoms with van der Waals surface area (Å²) in [6, 6.07) is 6.76. The number of nitriles is 1. The number of carbonyl (C=O) groups excluding carboxylic acids is 1. The molecule has 24 heavy (non-hydrogen) atoms. The molecule has 7 nitrogen and oxygen atoms in total. The van der Waals surface area contributed by atoms with Crippen molar-refractivity contribution in [1.82, 2.24) is 20.1 Å². The van der Waals surface area contributed by atoms with E-state index in [-0.39, 0.29) is 12.1 Å². The van der Waals surface area contributed by atoms with Gasteiger partial charge < -0.3 is 15.2 Å². The molecule has 126 valence electrons. The van der Waals surface area contributed by atoms with Crippen molar-refractivity contribution in [2.75, 3.05) is 5.32 Å². The maximum absolute atomic E-state index is 12.3. The molecule has 0 bridgehead atoms. The van der Waals surface area contributed by atoms with Gasteiger partial charge in [0.25, 0.3) is 0 Å². The molecule has 0 saturated heterocycles. The van der Waals surface area contributed by atoms with Gasteiger partial charge >= 0.3 is 6.03 Å². The Morgan fingerprint density at radius 3 is 2.88 bits per heavy atom. The van der Waals surface area contributed by atoms with Gasteiger partial charge in [-0.25, -0.2) is 4.79 Å². The highest BCUT2D eigenvalue weighted by atomic mass is 16.2. The first-order valence-electron chi connectivity index (χ1n) is 8.07. The van der Waals surface area contributed by atoms with Crippen LogP contribution in [0.3, 0.4) is 0 Å². The van der Waals surface area contributed by atoms with E-state index in [1.807, 2.05) is 18.4 Å². The van der Waals surface area contributed by atoms with Crippen molar-refractivity contribution < 1.29 is 4.79 Å². The molecule has 2 N–H and O–H groups in total. The normalized spacial score (nSPS) is 11.6. The minimum absolute atomic E-state index is 0.262. The molecule has 2 amide bonds. The average Bonchev–Trinajstić information content (AvgIpc) is 3.04. The summed E-state index contributed by atoms with van der Waals surface area (Å²) in [4.78, 5) is 12.3.